The van der Waals surface area contributed by atoms with Gasteiger partial charge in [0.1, 0.15) is 17.1 Å². The quantitative estimate of drug-likeness (QED) is 0.498. The zero-order chi connectivity index (χ0) is 25.3. The van der Waals surface area contributed by atoms with Crippen LogP contribution in [0, 0.1) is 11.8 Å². The van der Waals surface area contributed by atoms with E-state index < -0.39 is 17.6 Å². The average Bonchev–Trinajstić information content (AvgIpc) is 3.23. The van der Waals surface area contributed by atoms with Crippen molar-refractivity contribution in [3.63, 3.8) is 0 Å². The third kappa shape index (κ3) is 5.44. The number of aromatic nitrogens is 4. The molecule has 0 bridgehead atoms. The lowest BCUT2D eigenvalue weighted by Gasteiger charge is -2.16. The Morgan fingerprint density at radius 3 is 2.77 bits per heavy atom. The van der Waals surface area contributed by atoms with Crippen molar-refractivity contribution in [2.75, 3.05) is 37.5 Å². The second-order valence-corrected chi connectivity index (χ2v) is 8.96. The molecule has 3 heterocycles. The number of halogens is 3. The Bertz CT molecular complexity index is 1070. The molecule has 2 aromatic heterocycles. The molecule has 3 N–H and O–H groups in total. The predicted molar refractivity (Wildman–Crippen MR) is 119 cm³/mol. The minimum Gasteiger partial charge on any atom is -0.487 e. The Balaban J connectivity index is 1.68. The van der Waals surface area contributed by atoms with Crippen LogP contribution in [-0.4, -0.2) is 52.1 Å². The Kier molecular flexibility index (Phi) is 7.06. The smallest absolute Gasteiger partial charge is 0.421 e. The number of hydrogen-bond acceptors (Lipinski definition) is 9. The summed E-state index contributed by atoms with van der Waals surface area (Å²) in [6.07, 6.45) is -2.61. The molecule has 13 heteroatoms. The number of rotatable bonds is 9. The number of nitrogens with one attached hydrogen (secondary N) is 1. The summed E-state index contributed by atoms with van der Waals surface area (Å²) in [5.41, 5.74) is 5.02. The van der Waals surface area contributed by atoms with E-state index in [1.54, 1.807) is 11.6 Å². The SMILES string of the molecule is CCOC(=O)[C@@H]1C[C@@H]1c1nn(C(C)C)c(Nc2ncc(C(F)(F)F)c(N)n2)c1OC[C@H]1CCOC1. The topological polar surface area (TPSA) is 126 Å². The molecule has 3 atom stereocenters. The lowest BCUT2D eigenvalue weighted by atomic mass is 10.1. The van der Waals surface area contributed by atoms with Crippen LogP contribution in [0.3, 0.4) is 0 Å². The fourth-order valence-electron chi connectivity index (χ4n) is 4.01. The number of ether oxygens (including phenoxy) is 3. The highest BCUT2D eigenvalue weighted by Crippen LogP contribution is 2.53. The third-order valence-corrected chi connectivity index (χ3v) is 5.95. The van der Waals surface area contributed by atoms with E-state index in [0.29, 0.717) is 49.7 Å². The number of nitrogens with zero attached hydrogens (tertiary/aromatic N) is 4. The fourth-order valence-corrected chi connectivity index (χ4v) is 4.01. The van der Waals surface area contributed by atoms with Gasteiger partial charge in [0.05, 0.1) is 25.7 Å². The molecule has 0 unspecified atom stereocenters. The van der Waals surface area contributed by atoms with Gasteiger partial charge >= 0.3 is 12.1 Å². The molecule has 35 heavy (non-hydrogen) atoms. The van der Waals surface area contributed by atoms with Crippen molar-refractivity contribution in [2.45, 2.75) is 51.7 Å². The summed E-state index contributed by atoms with van der Waals surface area (Å²) in [6.45, 7) is 7.42. The van der Waals surface area contributed by atoms with Crippen LogP contribution in [-0.2, 0) is 20.4 Å². The maximum atomic E-state index is 13.1. The molecule has 1 aliphatic carbocycles. The average molecular weight is 499 g/mol. The number of hydrogen-bond donors (Lipinski definition) is 2. The number of carbonyl (C=O) groups excluding carboxylic acids is 1. The molecular formula is C22H29F3N6O4. The van der Waals surface area contributed by atoms with E-state index in [-0.39, 0.29) is 42.3 Å². The van der Waals surface area contributed by atoms with E-state index >= 15 is 0 Å². The Morgan fingerprint density at radius 2 is 2.17 bits per heavy atom. The van der Waals surface area contributed by atoms with Crippen LogP contribution in [0.2, 0.25) is 0 Å². The second-order valence-electron chi connectivity index (χ2n) is 8.96. The first kappa shape index (κ1) is 25.0. The standard InChI is InChI=1S/C22H29F3N6O4/c1-4-34-20(32)14-7-13(14)16-17(35-10-12-5-6-33-9-12)19(31(30-16)11(2)3)29-21-27-8-15(18(26)28-21)22(23,24)25/h8,11-14H,4-7,9-10H2,1-3H3,(H3,26,27,28,29)/t12-,13-,14+/m0/s1. The van der Waals surface area contributed by atoms with Gasteiger partial charge in [-0.3, -0.25) is 4.79 Å². The largest absolute Gasteiger partial charge is 0.487 e. The van der Waals surface area contributed by atoms with E-state index in [1.165, 1.54) is 0 Å². The number of carbonyl (C=O) groups is 1. The van der Waals surface area contributed by atoms with Gasteiger partial charge in [0.15, 0.2) is 11.6 Å². The van der Waals surface area contributed by atoms with Gasteiger partial charge in [-0.2, -0.15) is 23.3 Å². The van der Waals surface area contributed by atoms with Gasteiger partial charge in [0.2, 0.25) is 5.95 Å². The van der Waals surface area contributed by atoms with Gasteiger partial charge in [0.25, 0.3) is 0 Å². The van der Waals surface area contributed by atoms with Crippen LogP contribution < -0.4 is 15.8 Å². The van der Waals surface area contributed by atoms with E-state index in [2.05, 4.69) is 15.3 Å². The summed E-state index contributed by atoms with van der Waals surface area (Å²) in [5, 5.41) is 7.66. The molecule has 1 aliphatic heterocycles. The molecule has 0 spiro atoms. The molecular weight excluding hydrogens is 469 g/mol. The highest BCUT2D eigenvalue weighted by molar-refractivity contribution is 5.78. The van der Waals surface area contributed by atoms with Crippen molar-refractivity contribution in [3.05, 3.63) is 17.5 Å². The summed E-state index contributed by atoms with van der Waals surface area (Å²) in [6, 6.07) is -0.144. The first-order valence-electron chi connectivity index (χ1n) is 11.6. The molecule has 0 radical (unpaired) electrons. The summed E-state index contributed by atoms with van der Waals surface area (Å²) in [5.74, 6) is -0.656. The molecule has 2 fully saturated rings. The molecule has 0 amide bonds. The normalized spacial score (nSPS) is 21.9. The molecule has 0 aromatic carbocycles. The van der Waals surface area contributed by atoms with Crippen LogP contribution in [0.25, 0.3) is 0 Å². The van der Waals surface area contributed by atoms with Gasteiger partial charge in [0, 0.05) is 30.7 Å². The number of nitrogen functional groups attached to an aromatic ring is 1. The predicted octanol–water partition coefficient (Wildman–Crippen LogP) is 3.68. The van der Waals surface area contributed by atoms with E-state index in [4.69, 9.17) is 25.0 Å². The second kappa shape index (κ2) is 9.88. The van der Waals surface area contributed by atoms with Crippen LogP contribution >= 0.6 is 0 Å². The van der Waals surface area contributed by atoms with Crippen LogP contribution in [0.4, 0.5) is 30.8 Å². The first-order valence-corrected chi connectivity index (χ1v) is 11.6. The third-order valence-electron chi connectivity index (χ3n) is 5.95. The highest BCUT2D eigenvalue weighted by Gasteiger charge is 2.49. The van der Waals surface area contributed by atoms with E-state index in [1.807, 2.05) is 13.8 Å². The summed E-state index contributed by atoms with van der Waals surface area (Å²) in [4.78, 5) is 19.9. The maximum absolute atomic E-state index is 13.1. The summed E-state index contributed by atoms with van der Waals surface area (Å²) >= 11 is 0. The molecule has 192 valence electrons. The van der Waals surface area contributed by atoms with Crippen LogP contribution in [0.1, 0.15) is 56.8 Å². The van der Waals surface area contributed by atoms with Crippen LogP contribution in [0.5, 0.6) is 5.75 Å². The molecule has 2 aromatic rings. The highest BCUT2D eigenvalue weighted by atomic mass is 19.4. The minimum atomic E-state index is -4.67. The molecule has 2 aliphatic rings. The van der Waals surface area contributed by atoms with E-state index in [9.17, 15) is 18.0 Å². The number of nitrogens with two attached hydrogens (primary N) is 1. The van der Waals surface area contributed by atoms with Crippen molar-refractivity contribution in [2.24, 2.45) is 11.8 Å². The van der Waals surface area contributed by atoms with Crippen molar-refractivity contribution in [3.8, 4) is 5.75 Å². The van der Waals surface area contributed by atoms with Crippen LogP contribution in [0.15, 0.2) is 6.20 Å². The monoisotopic (exact) mass is 498 g/mol. The van der Waals surface area contributed by atoms with E-state index in [0.717, 1.165) is 6.42 Å². The lowest BCUT2D eigenvalue weighted by Crippen LogP contribution is -2.15. The van der Waals surface area contributed by atoms with Crippen molar-refractivity contribution >= 4 is 23.6 Å². The Labute approximate surface area is 200 Å². The van der Waals surface area contributed by atoms with Gasteiger partial charge in [-0.05, 0) is 33.6 Å². The zero-order valence-electron chi connectivity index (χ0n) is 19.8. The molecule has 1 saturated carbocycles. The first-order chi connectivity index (χ1) is 16.6. The van der Waals surface area contributed by atoms with Crippen molar-refractivity contribution in [1.82, 2.24) is 19.7 Å². The van der Waals surface area contributed by atoms with Gasteiger partial charge in [-0.1, -0.05) is 0 Å². The van der Waals surface area contributed by atoms with Gasteiger partial charge in [-0.25, -0.2) is 9.67 Å². The Hall–Kier alpha value is -3.09. The number of alkyl halides is 3. The van der Waals surface area contributed by atoms with Gasteiger partial charge < -0.3 is 25.3 Å². The molecule has 10 nitrogen and oxygen atoms in total. The fraction of sp³-hybridized carbons (Fsp3) is 0.636. The number of esters is 1. The van der Waals surface area contributed by atoms with Crippen molar-refractivity contribution < 1.29 is 32.2 Å². The summed E-state index contributed by atoms with van der Waals surface area (Å²) < 4.78 is 57.7. The zero-order valence-corrected chi connectivity index (χ0v) is 19.8. The summed E-state index contributed by atoms with van der Waals surface area (Å²) in [7, 11) is 0. The molecule has 1 saturated heterocycles. The van der Waals surface area contributed by atoms with Gasteiger partial charge in [-0.15, -0.1) is 0 Å². The minimum absolute atomic E-state index is 0.129. The maximum Gasteiger partial charge on any atom is 0.421 e. The molecule has 4 rings (SSSR count). The number of anilines is 3. The van der Waals surface area contributed by atoms with Crippen molar-refractivity contribution in [1.29, 1.82) is 0 Å². The lowest BCUT2D eigenvalue weighted by molar-refractivity contribution is -0.144. The Morgan fingerprint density at radius 1 is 1.40 bits per heavy atom.